The van der Waals surface area contributed by atoms with Crippen LogP contribution in [0.1, 0.15) is 20.8 Å². The van der Waals surface area contributed by atoms with Crippen LogP contribution < -0.4 is 10.1 Å². The smallest absolute Gasteiger partial charge is 0.202 e. The summed E-state index contributed by atoms with van der Waals surface area (Å²) >= 11 is 1.39. The largest absolute Gasteiger partial charge is 0.493 e. The van der Waals surface area contributed by atoms with Gasteiger partial charge in [0.15, 0.2) is 5.82 Å². The average Bonchev–Trinajstić information content (AvgIpc) is 2.86. The van der Waals surface area contributed by atoms with E-state index in [1.165, 1.54) is 11.5 Å². The number of nitrogens with one attached hydrogen (secondary N) is 1. The van der Waals surface area contributed by atoms with Gasteiger partial charge in [0, 0.05) is 18.1 Å². The molecule has 0 spiro atoms. The molecule has 4 nitrogen and oxygen atoms in total. The van der Waals surface area contributed by atoms with E-state index < -0.39 is 0 Å². The lowest BCUT2D eigenvalue weighted by Gasteiger charge is -2.07. The van der Waals surface area contributed by atoms with Gasteiger partial charge in [-0.3, -0.25) is 0 Å². The number of aromatic nitrogens is 2. The Hall–Kier alpha value is -1.62. The van der Waals surface area contributed by atoms with Crippen LogP contribution in [0.3, 0.4) is 0 Å². The van der Waals surface area contributed by atoms with Crippen molar-refractivity contribution >= 4 is 16.7 Å². The van der Waals surface area contributed by atoms with Crippen LogP contribution in [-0.4, -0.2) is 22.5 Å². The van der Waals surface area contributed by atoms with Crippen LogP contribution >= 0.6 is 11.5 Å². The molecule has 0 saturated carbocycles. The van der Waals surface area contributed by atoms with Crippen molar-refractivity contribution in [2.75, 3.05) is 18.5 Å². The van der Waals surface area contributed by atoms with Gasteiger partial charge in [-0.05, 0) is 25.0 Å². The molecule has 0 bridgehead atoms. The van der Waals surface area contributed by atoms with Crippen LogP contribution in [0.4, 0.5) is 5.13 Å². The predicted molar refractivity (Wildman–Crippen MR) is 79.8 cm³/mol. The molecule has 1 aromatic heterocycles. The Labute approximate surface area is 118 Å². The fourth-order valence-corrected chi connectivity index (χ4v) is 2.22. The normalized spacial score (nSPS) is 10.7. The maximum absolute atomic E-state index is 5.60. The minimum absolute atomic E-state index is 0.586. The molecule has 1 heterocycles. The molecule has 0 unspecified atom stereocenters. The van der Waals surface area contributed by atoms with Crippen molar-refractivity contribution < 1.29 is 4.74 Å². The number of hydrogen-bond donors (Lipinski definition) is 1. The van der Waals surface area contributed by atoms with Crippen molar-refractivity contribution in [1.82, 2.24) is 9.36 Å². The van der Waals surface area contributed by atoms with Crippen LogP contribution in [0.15, 0.2) is 24.3 Å². The van der Waals surface area contributed by atoms with E-state index in [0.29, 0.717) is 12.5 Å². The average molecular weight is 277 g/mol. The maximum atomic E-state index is 5.60. The van der Waals surface area contributed by atoms with Gasteiger partial charge >= 0.3 is 0 Å². The molecule has 0 radical (unpaired) electrons. The van der Waals surface area contributed by atoms with Crippen LogP contribution in [0.25, 0.3) is 11.4 Å². The molecular formula is C14H19N3OS. The molecule has 0 saturated heterocycles. The number of benzene rings is 1. The van der Waals surface area contributed by atoms with Gasteiger partial charge in [-0.1, -0.05) is 26.0 Å². The van der Waals surface area contributed by atoms with E-state index in [2.05, 4.69) is 28.5 Å². The van der Waals surface area contributed by atoms with Crippen molar-refractivity contribution in [2.45, 2.75) is 20.8 Å². The molecule has 2 rings (SSSR count). The van der Waals surface area contributed by atoms with E-state index in [1.54, 1.807) is 0 Å². The zero-order valence-electron chi connectivity index (χ0n) is 11.5. The van der Waals surface area contributed by atoms with Gasteiger partial charge in [0.25, 0.3) is 0 Å². The highest BCUT2D eigenvalue weighted by Gasteiger charge is 2.11. The molecule has 5 heteroatoms. The van der Waals surface area contributed by atoms with E-state index >= 15 is 0 Å². The van der Waals surface area contributed by atoms with Crippen molar-refractivity contribution in [1.29, 1.82) is 0 Å². The Balaban J connectivity index is 2.18. The minimum Gasteiger partial charge on any atom is -0.493 e. The number of ether oxygens (including phenoxy) is 1. The summed E-state index contributed by atoms with van der Waals surface area (Å²) in [6, 6.07) is 7.86. The molecule has 102 valence electrons. The molecule has 0 aliphatic heterocycles. The van der Waals surface area contributed by atoms with Gasteiger partial charge in [0.1, 0.15) is 5.75 Å². The first-order valence-corrected chi connectivity index (χ1v) is 7.27. The summed E-state index contributed by atoms with van der Waals surface area (Å²) in [6.07, 6.45) is 0. The maximum Gasteiger partial charge on any atom is 0.202 e. The van der Waals surface area contributed by atoms with Gasteiger partial charge in [-0.2, -0.15) is 9.36 Å². The highest BCUT2D eigenvalue weighted by molar-refractivity contribution is 7.09. The summed E-state index contributed by atoms with van der Waals surface area (Å²) < 4.78 is 10.00. The molecule has 0 amide bonds. The first-order valence-electron chi connectivity index (χ1n) is 6.50. The quantitative estimate of drug-likeness (QED) is 0.875. The molecule has 19 heavy (non-hydrogen) atoms. The third-order valence-corrected chi connectivity index (χ3v) is 3.19. The molecule has 0 aliphatic rings. The van der Waals surface area contributed by atoms with Crippen molar-refractivity contribution in [3.8, 4) is 17.1 Å². The molecule has 1 aromatic carbocycles. The Morgan fingerprint density at radius 3 is 2.84 bits per heavy atom. The van der Waals surface area contributed by atoms with E-state index in [-0.39, 0.29) is 0 Å². The van der Waals surface area contributed by atoms with Crippen LogP contribution in [0.5, 0.6) is 5.75 Å². The highest BCUT2D eigenvalue weighted by Crippen LogP contribution is 2.29. The van der Waals surface area contributed by atoms with Crippen molar-refractivity contribution in [3.63, 3.8) is 0 Å². The Morgan fingerprint density at radius 1 is 1.32 bits per heavy atom. The fraction of sp³-hybridized carbons (Fsp3) is 0.429. The molecule has 1 N–H and O–H groups in total. The second kappa shape index (κ2) is 6.52. The van der Waals surface area contributed by atoms with Crippen molar-refractivity contribution in [2.24, 2.45) is 5.92 Å². The summed E-state index contributed by atoms with van der Waals surface area (Å²) in [5.74, 6) is 2.14. The monoisotopic (exact) mass is 277 g/mol. The SMILES string of the molecule is CCOc1ccccc1-c1nsc(NCC(C)C)n1. The topological polar surface area (TPSA) is 47.0 Å². The van der Waals surface area contributed by atoms with Crippen molar-refractivity contribution in [3.05, 3.63) is 24.3 Å². The minimum atomic E-state index is 0.586. The lowest BCUT2D eigenvalue weighted by atomic mass is 10.2. The van der Waals surface area contributed by atoms with E-state index in [9.17, 15) is 0 Å². The van der Waals surface area contributed by atoms with E-state index in [1.807, 2.05) is 31.2 Å². The third kappa shape index (κ3) is 3.67. The van der Waals surface area contributed by atoms with Gasteiger partial charge in [0.05, 0.1) is 12.2 Å². The highest BCUT2D eigenvalue weighted by atomic mass is 32.1. The molecule has 0 atom stereocenters. The predicted octanol–water partition coefficient (Wildman–Crippen LogP) is 3.67. The van der Waals surface area contributed by atoms with Gasteiger partial charge in [0.2, 0.25) is 5.13 Å². The van der Waals surface area contributed by atoms with E-state index in [4.69, 9.17) is 4.74 Å². The number of rotatable bonds is 6. The molecule has 0 aliphatic carbocycles. The summed E-state index contributed by atoms with van der Waals surface area (Å²) in [5, 5.41) is 4.15. The van der Waals surface area contributed by atoms with Crippen LogP contribution in [-0.2, 0) is 0 Å². The second-order valence-corrected chi connectivity index (χ2v) is 5.38. The lowest BCUT2D eigenvalue weighted by molar-refractivity contribution is 0.341. The summed E-state index contributed by atoms with van der Waals surface area (Å²) in [4.78, 5) is 4.51. The Morgan fingerprint density at radius 2 is 2.11 bits per heavy atom. The summed E-state index contributed by atoms with van der Waals surface area (Å²) in [6.45, 7) is 7.85. The van der Waals surface area contributed by atoms with Gasteiger partial charge in [-0.25, -0.2) is 0 Å². The number of para-hydroxylation sites is 1. The Kier molecular flexibility index (Phi) is 4.74. The van der Waals surface area contributed by atoms with Gasteiger partial charge in [-0.15, -0.1) is 0 Å². The third-order valence-electron chi connectivity index (χ3n) is 2.52. The first-order chi connectivity index (χ1) is 9.20. The second-order valence-electron chi connectivity index (χ2n) is 4.63. The number of hydrogen-bond acceptors (Lipinski definition) is 5. The standard InChI is InChI=1S/C14H19N3OS/c1-4-18-12-8-6-5-7-11(12)13-16-14(19-17-13)15-9-10(2)3/h5-8,10H,4,9H2,1-3H3,(H,15,16,17). The summed E-state index contributed by atoms with van der Waals surface area (Å²) in [5.41, 5.74) is 0.943. The Bertz CT molecular complexity index is 525. The number of nitrogens with zero attached hydrogens (tertiary/aromatic N) is 2. The van der Waals surface area contributed by atoms with E-state index in [0.717, 1.165) is 28.8 Å². The van der Waals surface area contributed by atoms with Crippen LogP contribution in [0, 0.1) is 5.92 Å². The molecule has 0 fully saturated rings. The molecular weight excluding hydrogens is 258 g/mol. The zero-order valence-corrected chi connectivity index (χ0v) is 12.3. The first kappa shape index (κ1) is 13.8. The molecule has 2 aromatic rings. The van der Waals surface area contributed by atoms with Crippen LogP contribution in [0.2, 0.25) is 0 Å². The number of anilines is 1. The lowest BCUT2D eigenvalue weighted by Crippen LogP contribution is -2.07. The zero-order chi connectivity index (χ0) is 13.7. The van der Waals surface area contributed by atoms with Gasteiger partial charge < -0.3 is 10.1 Å². The summed E-state index contributed by atoms with van der Waals surface area (Å²) in [7, 11) is 0. The fourth-order valence-electron chi connectivity index (χ4n) is 1.63.